The van der Waals surface area contributed by atoms with Gasteiger partial charge in [-0.05, 0) is 24.3 Å². The molecule has 21 heavy (non-hydrogen) atoms. The molecule has 0 bridgehead atoms. The number of hydrogen-bond acceptors (Lipinski definition) is 4. The molecule has 6 heteroatoms. The number of benzene rings is 1. The molecule has 0 aliphatic carbocycles. The van der Waals surface area contributed by atoms with Crippen molar-refractivity contribution in [3.8, 4) is 0 Å². The minimum absolute atomic E-state index is 0.0955. The number of fused-ring (bicyclic) bond motifs is 1. The van der Waals surface area contributed by atoms with Gasteiger partial charge in [0.2, 0.25) is 5.91 Å². The fraction of sp³-hybridized carbons (Fsp3) is 0.133. The number of pyridine rings is 1. The standard InChI is InChI=1S/C15H12ClN3OS/c16-8-10-9-21-15(18-10)7-14(20)19-13-5-1-4-12-11(13)3-2-6-17-12/h1-6,9H,7-8H2,(H,19,20). The number of amides is 1. The van der Waals surface area contributed by atoms with Gasteiger partial charge in [0, 0.05) is 17.0 Å². The molecule has 0 atom stereocenters. The Morgan fingerprint density at radius 2 is 2.19 bits per heavy atom. The maximum absolute atomic E-state index is 12.1. The molecule has 1 aromatic carbocycles. The average molecular weight is 318 g/mol. The molecule has 1 N–H and O–H groups in total. The highest BCUT2D eigenvalue weighted by molar-refractivity contribution is 7.09. The van der Waals surface area contributed by atoms with E-state index in [2.05, 4.69) is 15.3 Å². The number of rotatable bonds is 4. The van der Waals surface area contributed by atoms with Crippen molar-refractivity contribution < 1.29 is 4.79 Å². The van der Waals surface area contributed by atoms with Crippen LogP contribution in [0, 0.1) is 0 Å². The maximum Gasteiger partial charge on any atom is 0.231 e. The van der Waals surface area contributed by atoms with E-state index in [0.717, 1.165) is 27.3 Å². The van der Waals surface area contributed by atoms with Crippen LogP contribution in [0.4, 0.5) is 5.69 Å². The van der Waals surface area contributed by atoms with Crippen LogP contribution in [0.1, 0.15) is 10.7 Å². The van der Waals surface area contributed by atoms with E-state index in [-0.39, 0.29) is 12.3 Å². The van der Waals surface area contributed by atoms with Gasteiger partial charge in [-0.25, -0.2) is 4.98 Å². The van der Waals surface area contributed by atoms with Crippen molar-refractivity contribution in [2.75, 3.05) is 5.32 Å². The van der Waals surface area contributed by atoms with Crippen LogP contribution in [0.3, 0.4) is 0 Å². The van der Waals surface area contributed by atoms with E-state index in [0.29, 0.717) is 5.88 Å². The van der Waals surface area contributed by atoms with E-state index in [4.69, 9.17) is 11.6 Å². The predicted molar refractivity (Wildman–Crippen MR) is 85.7 cm³/mol. The number of nitrogens with zero attached hydrogens (tertiary/aromatic N) is 2. The lowest BCUT2D eigenvalue weighted by Gasteiger charge is -2.07. The third-order valence-corrected chi connectivity index (χ3v) is 4.14. The Morgan fingerprint density at radius 1 is 1.29 bits per heavy atom. The molecule has 0 unspecified atom stereocenters. The number of halogens is 1. The quantitative estimate of drug-likeness (QED) is 0.748. The first-order valence-corrected chi connectivity index (χ1v) is 7.80. The van der Waals surface area contributed by atoms with Crippen LogP contribution < -0.4 is 5.32 Å². The van der Waals surface area contributed by atoms with Crippen LogP contribution >= 0.6 is 22.9 Å². The molecule has 4 nitrogen and oxygen atoms in total. The van der Waals surface area contributed by atoms with Crippen molar-refractivity contribution in [1.82, 2.24) is 9.97 Å². The van der Waals surface area contributed by atoms with Crippen molar-refractivity contribution in [3.05, 3.63) is 52.6 Å². The van der Waals surface area contributed by atoms with Gasteiger partial charge in [0.15, 0.2) is 0 Å². The summed E-state index contributed by atoms with van der Waals surface area (Å²) in [5, 5.41) is 6.48. The molecule has 3 aromatic rings. The largest absolute Gasteiger partial charge is 0.325 e. The molecule has 0 aliphatic rings. The Morgan fingerprint density at radius 3 is 3.00 bits per heavy atom. The number of thiazole rings is 1. The first-order valence-electron chi connectivity index (χ1n) is 6.39. The van der Waals surface area contributed by atoms with Gasteiger partial charge < -0.3 is 5.32 Å². The molecule has 2 aromatic heterocycles. The highest BCUT2D eigenvalue weighted by Crippen LogP contribution is 2.21. The summed E-state index contributed by atoms with van der Waals surface area (Å²) in [5.41, 5.74) is 2.42. The highest BCUT2D eigenvalue weighted by Gasteiger charge is 2.10. The zero-order chi connectivity index (χ0) is 14.7. The van der Waals surface area contributed by atoms with E-state index in [1.165, 1.54) is 11.3 Å². The summed E-state index contributed by atoms with van der Waals surface area (Å²) < 4.78 is 0. The van der Waals surface area contributed by atoms with Gasteiger partial charge in [-0.1, -0.05) is 6.07 Å². The molecular weight excluding hydrogens is 306 g/mol. The van der Waals surface area contributed by atoms with Crippen molar-refractivity contribution >= 4 is 45.4 Å². The summed E-state index contributed by atoms with van der Waals surface area (Å²) in [6.07, 6.45) is 1.98. The first kappa shape index (κ1) is 14.0. The molecule has 0 fully saturated rings. The zero-order valence-electron chi connectivity index (χ0n) is 11.0. The number of aromatic nitrogens is 2. The number of alkyl halides is 1. The van der Waals surface area contributed by atoms with E-state index < -0.39 is 0 Å². The Kier molecular flexibility index (Phi) is 4.13. The monoisotopic (exact) mass is 317 g/mol. The summed E-state index contributed by atoms with van der Waals surface area (Å²) in [4.78, 5) is 20.7. The summed E-state index contributed by atoms with van der Waals surface area (Å²) in [7, 11) is 0. The SMILES string of the molecule is O=C(Cc1nc(CCl)cs1)Nc1cccc2ncccc12. The van der Waals surface area contributed by atoms with Gasteiger partial charge in [0.25, 0.3) is 0 Å². The molecule has 1 amide bonds. The van der Waals surface area contributed by atoms with Gasteiger partial charge in [0.05, 0.1) is 29.2 Å². The Bertz CT molecular complexity index is 782. The molecular formula is C15H12ClN3OS. The van der Waals surface area contributed by atoms with Gasteiger partial charge in [-0.15, -0.1) is 22.9 Å². The van der Waals surface area contributed by atoms with Crippen LogP contribution in [0.15, 0.2) is 41.9 Å². The van der Waals surface area contributed by atoms with E-state index in [9.17, 15) is 4.79 Å². The second-order valence-electron chi connectivity index (χ2n) is 4.47. The van der Waals surface area contributed by atoms with Gasteiger partial charge in [0.1, 0.15) is 5.01 Å². The van der Waals surface area contributed by atoms with Crippen molar-refractivity contribution in [3.63, 3.8) is 0 Å². The summed E-state index contributed by atoms with van der Waals surface area (Å²) in [6, 6.07) is 9.45. The van der Waals surface area contributed by atoms with E-state index in [1.807, 2.05) is 35.7 Å². The van der Waals surface area contributed by atoms with Gasteiger partial charge >= 0.3 is 0 Å². The Hall–Kier alpha value is -1.98. The first-order chi connectivity index (χ1) is 10.3. The second kappa shape index (κ2) is 6.20. The lowest BCUT2D eigenvalue weighted by atomic mass is 10.2. The highest BCUT2D eigenvalue weighted by atomic mass is 35.5. The Labute approximate surface area is 130 Å². The average Bonchev–Trinajstić information content (AvgIpc) is 2.95. The smallest absolute Gasteiger partial charge is 0.231 e. The number of nitrogens with one attached hydrogen (secondary N) is 1. The lowest BCUT2D eigenvalue weighted by Crippen LogP contribution is -2.14. The van der Waals surface area contributed by atoms with Crippen LogP contribution in [0.5, 0.6) is 0 Å². The molecule has 0 aliphatic heterocycles. The third-order valence-electron chi connectivity index (χ3n) is 2.97. The molecule has 2 heterocycles. The van der Waals surface area contributed by atoms with Crippen LogP contribution in [-0.4, -0.2) is 15.9 Å². The third kappa shape index (κ3) is 3.20. The predicted octanol–water partition coefficient (Wildman–Crippen LogP) is 3.61. The van der Waals surface area contributed by atoms with Crippen LogP contribution in [0.25, 0.3) is 10.9 Å². The molecule has 3 rings (SSSR count). The number of carbonyl (C=O) groups is 1. The zero-order valence-corrected chi connectivity index (χ0v) is 12.6. The van der Waals surface area contributed by atoms with Crippen LogP contribution in [-0.2, 0) is 17.1 Å². The Balaban J connectivity index is 1.77. The van der Waals surface area contributed by atoms with Crippen molar-refractivity contribution in [2.24, 2.45) is 0 Å². The molecule has 0 radical (unpaired) electrons. The topological polar surface area (TPSA) is 54.9 Å². The molecule has 0 spiro atoms. The van der Waals surface area contributed by atoms with E-state index in [1.54, 1.807) is 6.20 Å². The fourth-order valence-electron chi connectivity index (χ4n) is 2.04. The molecule has 0 saturated heterocycles. The maximum atomic E-state index is 12.1. The van der Waals surface area contributed by atoms with Gasteiger partial charge in [-0.2, -0.15) is 0 Å². The summed E-state index contributed by atoms with van der Waals surface area (Å²) in [5.74, 6) is 0.273. The fourth-order valence-corrected chi connectivity index (χ4v) is 3.06. The van der Waals surface area contributed by atoms with E-state index >= 15 is 0 Å². The molecule has 0 saturated carbocycles. The summed E-state index contributed by atoms with van der Waals surface area (Å²) in [6.45, 7) is 0. The van der Waals surface area contributed by atoms with Gasteiger partial charge in [-0.3, -0.25) is 9.78 Å². The number of hydrogen-bond donors (Lipinski definition) is 1. The number of anilines is 1. The number of carbonyl (C=O) groups excluding carboxylic acids is 1. The lowest BCUT2D eigenvalue weighted by molar-refractivity contribution is -0.115. The van der Waals surface area contributed by atoms with Crippen LogP contribution in [0.2, 0.25) is 0 Å². The normalized spacial score (nSPS) is 10.7. The summed E-state index contributed by atoms with van der Waals surface area (Å²) >= 11 is 7.16. The minimum atomic E-state index is -0.0955. The molecule has 106 valence electrons. The minimum Gasteiger partial charge on any atom is -0.325 e. The van der Waals surface area contributed by atoms with Crippen molar-refractivity contribution in [1.29, 1.82) is 0 Å². The second-order valence-corrected chi connectivity index (χ2v) is 5.68. The van der Waals surface area contributed by atoms with Crippen molar-refractivity contribution in [2.45, 2.75) is 12.3 Å².